The van der Waals surface area contributed by atoms with Crippen molar-refractivity contribution in [2.45, 2.75) is 0 Å². The minimum atomic E-state index is -0.381. The van der Waals surface area contributed by atoms with E-state index in [1.165, 1.54) is 12.1 Å². The molecule has 0 fully saturated rings. The summed E-state index contributed by atoms with van der Waals surface area (Å²) in [7, 11) is 1.51. The van der Waals surface area contributed by atoms with Crippen LogP contribution in [0.1, 0.15) is 11.1 Å². The zero-order chi connectivity index (χ0) is 28.9. The quantitative estimate of drug-likeness (QED) is 0.153. The van der Waals surface area contributed by atoms with E-state index >= 15 is 0 Å². The number of benzene rings is 4. The normalized spacial score (nSPS) is 13.8. The van der Waals surface area contributed by atoms with Crippen molar-refractivity contribution in [2.24, 2.45) is 5.10 Å². The molecule has 1 aliphatic heterocycles. The number of hydrazone groups is 1. The fourth-order valence-corrected chi connectivity index (χ4v) is 5.22. The molecule has 1 aliphatic rings. The first-order chi connectivity index (χ1) is 19.8. The Morgan fingerprint density at radius 3 is 2.37 bits per heavy atom. The largest absolute Gasteiger partial charge is 0.493 e. The zero-order valence-electron chi connectivity index (χ0n) is 21.6. The van der Waals surface area contributed by atoms with E-state index in [-0.39, 0.29) is 18.4 Å². The third kappa shape index (κ3) is 6.56. The maximum Gasteiger partial charge on any atom is 0.281 e. The van der Waals surface area contributed by atoms with Crippen LogP contribution in [0.15, 0.2) is 102 Å². The number of hydrogen-bond donors (Lipinski definition) is 1. The molecule has 1 N–H and O–H groups in total. The zero-order valence-corrected chi connectivity index (χ0v) is 25.3. The van der Waals surface area contributed by atoms with E-state index < -0.39 is 0 Å². The summed E-state index contributed by atoms with van der Waals surface area (Å²) < 4.78 is 12.1. The van der Waals surface area contributed by atoms with Gasteiger partial charge in [-0.3, -0.25) is 9.59 Å². The van der Waals surface area contributed by atoms with E-state index in [0.29, 0.717) is 53.3 Å². The summed E-state index contributed by atoms with van der Waals surface area (Å²) in [5.74, 6) is 0.187. The van der Waals surface area contributed by atoms with E-state index in [4.69, 9.17) is 32.7 Å². The maximum atomic E-state index is 13.6. The van der Waals surface area contributed by atoms with Crippen LogP contribution in [-0.2, 0) is 9.59 Å². The van der Waals surface area contributed by atoms with Crippen LogP contribution in [0, 0.1) is 3.57 Å². The molecule has 0 unspecified atom stereocenters. The molecule has 0 spiro atoms. The molecule has 0 aliphatic carbocycles. The Labute approximate surface area is 260 Å². The molecule has 0 atom stereocenters. The molecular weight excluding hydrogens is 676 g/mol. The van der Waals surface area contributed by atoms with Crippen molar-refractivity contribution >= 4 is 80.8 Å². The molecule has 5 rings (SSSR count). The number of amides is 2. The number of hydrogen-bond acceptors (Lipinski definition) is 5. The molecule has 0 saturated carbocycles. The number of para-hydroxylation sites is 1. The standard InChI is InChI=1S/C31H22Cl2IN3O4/c1-40-27-16-19(15-26(34)30(27)41-18-28(38)35-21-12-13-24(32)25(33)17-21)14-23-29(20-8-4-2-5-9-20)36-37(31(23)39)22-10-6-3-7-11-22/h2-17H,18H2,1H3,(H,35,38)/b23-14-. The molecule has 4 aromatic rings. The molecule has 41 heavy (non-hydrogen) atoms. The van der Waals surface area contributed by atoms with Gasteiger partial charge in [0.2, 0.25) is 0 Å². The van der Waals surface area contributed by atoms with Crippen LogP contribution >= 0.6 is 45.8 Å². The number of halogens is 3. The van der Waals surface area contributed by atoms with Gasteiger partial charge in [-0.15, -0.1) is 0 Å². The number of carbonyl (C=O) groups is 2. The number of methoxy groups -OCH3 is 1. The van der Waals surface area contributed by atoms with Gasteiger partial charge in [-0.25, -0.2) is 0 Å². The van der Waals surface area contributed by atoms with E-state index in [2.05, 4.69) is 33.0 Å². The molecule has 7 nitrogen and oxygen atoms in total. The van der Waals surface area contributed by atoms with E-state index in [1.807, 2.05) is 66.7 Å². The van der Waals surface area contributed by atoms with Crippen molar-refractivity contribution in [1.29, 1.82) is 0 Å². The lowest BCUT2D eigenvalue weighted by Crippen LogP contribution is -2.21. The van der Waals surface area contributed by atoms with Crippen molar-refractivity contribution in [3.05, 3.63) is 121 Å². The average molecular weight is 698 g/mol. The lowest BCUT2D eigenvalue weighted by molar-refractivity contribution is -0.118. The minimum Gasteiger partial charge on any atom is -0.493 e. The first-order valence-corrected chi connectivity index (χ1v) is 14.2. The van der Waals surface area contributed by atoms with Crippen LogP contribution in [0.5, 0.6) is 11.5 Å². The topological polar surface area (TPSA) is 80.2 Å². The van der Waals surface area contributed by atoms with Gasteiger partial charge in [-0.2, -0.15) is 10.1 Å². The molecule has 1 heterocycles. The summed E-state index contributed by atoms with van der Waals surface area (Å²) in [5.41, 5.74) is 3.70. The number of anilines is 2. The van der Waals surface area contributed by atoms with Crippen LogP contribution in [0.2, 0.25) is 10.0 Å². The molecule has 10 heteroatoms. The van der Waals surface area contributed by atoms with Crippen molar-refractivity contribution < 1.29 is 19.1 Å². The number of carbonyl (C=O) groups excluding carboxylic acids is 2. The second kappa shape index (κ2) is 12.8. The first kappa shape index (κ1) is 28.7. The third-order valence-corrected chi connectivity index (χ3v) is 7.58. The first-order valence-electron chi connectivity index (χ1n) is 12.3. The number of rotatable bonds is 8. The van der Waals surface area contributed by atoms with Gasteiger partial charge in [0.1, 0.15) is 5.71 Å². The maximum absolute atomic E-state index is 13.6. The summed E-state index contributed by atoms with van der Waals surface area (Å²) in [5, 5.41) is 9.53. The SMILES string of the molecule is COc1cc(/C=C2\C(=O)N(c3ccccc3)N=C2c2ccccc2)cc(I)c1OCC(=O)Nc1ccc(Cl)c(Cl)c1. The number of ether oxygens (including phenoxy) is 2. The Morgan fingerprint density at radius 2 is 1.68 bits per heavy atom. The predicted octanol–water partition coefficient (Wildman–Crippen LogP) is 7.46. The minimum absolute atomic E-state index is 0.247. The predicted molar refractivity (Wildman–Crippen MR) is 171 cm³/mol. The summed E-state index contributed by atoms with van der Waals surface area (Å²) in [4.78, 5) is 26.1. The van der Waals surface area contributed by atoms with E-state index in [1.54, 1.807) is 30.3 Å². The van der Waals surface area contributed by atoms with Crippen LogP contribution < -0.4 is 19.8 Å². The Kier molecular flexibility index (Phi) is 8.92. The molecule has 206 valence electrons. The van der Waals surface area contributed by atoms with Crippen molar-refractivity contribution in [3.63, 3.8) is 0 Å². The molecule has 4 aromatic carbocycles. The molecule has 2 amide bonds. The summed E-state index contributed by atoms with van der Waals surface area (Å²) >= 11 is 14.1. The lowest BCUT2D eigenvalue weighted by Gasteiger charge is -2.14. The van der Waals surface area contributed by atoms with Gasteiger partial charge in [0.05, 0.1) is 32.0 Å². The van der Waals surface area contributed by atoms with E-state index in [0.717, 1.165) is 5.56 Å². The van der Waals surface area contributed by atoms with Gasteiger partial charge < -0.3 is 14.8 Å². The van der Waals surface area contributed by atoms with Gasteiger partial charge in [0.25, 0.3) is 11.8 Å². The number of nitrogens with zero attached hydrogens (tertiary/aromatic N) is 2. The van der Waals surface area contributed by atoms with Gasteiger partial charge >= 0.3 is 0 Å². The smallest absolute Gasteiger partial charge is 0.281 e. The molecule has 0 saturated heterocycles. The van der Waals surface area contributed by atoms with Crippen LogP contribution in [0.25, 0.3) is 6.08 Å². The second-order valence-corrected chi connectivity index (χ2v) is 10.8. The fourth-order valence-electron chi connectivity index (χ4n) is 4.14. The van der Waals surface area contributed by atoms with Crippen molar-refractivity contribution in [3.8, 4) is 11.5 Å². The fraction of sp³-hybridized carbons (Fsp3) is 0.0645. The molecular formula is C31H22Cl2IN3O4. The Balaban J connectivity index is 1.41. The highest BCUT2D eigenvalue weighted by Crippen LogP contribution is 2.36. The van der Waals surface area contributed by atoms with Gasteiger partial charge in [0.15, 0.2) is 18.1 Å². The molecule has 0 bridgehead atoms. The molecule has 0 radical (unpaired) electrons. The highest BCUT2D eigenvalue weighted by atomic mass is 127. The van der Waals surface area contributed by atoms with Crippen LogP contribution in [0.3, 0.4) is 0 Å². The lowest BCUT2D eigenvalue weighted by atomic mass is 10.00. The van der Waals surface area contributed by atoms with Gasteiger partial charge in [0, 0.05) is 11.3 Å². The van der Waals surface area contributed by atoms with Crippen LogP contribution in [0.4, 0.5) is 11.4 Å². The Hall–Kier alpha value is -3.86. The third-order valence-electron chi connectivity index (χ3n) is 6.04. The highest BCUT2D eigenvalue weighted by molar-refractivity contribution is 14.1. The monoisotopic (exact) mass is 697 g/mol. The molecule has 0 aromatic heterocycles. The van der Waals surface area contributed by atoms with Gasteiger partial charge in [-0.05, 0) is 76.7 Å². The average Bonchev–Trinajstić information content (AvgIpc) is 3.30. The summed E-state index contributed by atoms with van der Waals surface area (Å²) in [6.07, 6.45) is 1.78. The number of nitrogens with one attached hydrogen (secondary N) is 1. The summed E-state index contributed by atoms with van der Waals surface area (Å²) in [6, 6.07) is 27.2. The second-order valence-electron chi connectivity index (χ2n) is 8.83. The van der Waals surface area contributed by atoms with Crippen molar-refractivity contribution in [1.82, 2.24) is 0 Å². The Bertz CT molecular complexity index is 1680. The van der Waals surface area contributed by atoms with Crippen LogP contribution in [-0.4, -0.2) is 31.2 Å². The highest BCUT2D eigenvalue weighted by Gasteiger charge is 2.32. The van der Waals surface area contributed by atoms with Crippen molar-refractivity contribution in [2.75, 3.05) is 24.0 Å². The van der Waals surface area contributed by atoms with E-state index in [9.17, 15) is 9.59 Å². The Morgan fingerprint density at radius 1 is 0.976 bits per heavy atom. The van der Waals surface area contributed by atoms with Gasteiger partial charge in [-0.1, -0.05) is 71.7 Å². The summed E-state index contributed by atoms with van der Waals surface area (Å²) in [6.45, 7) is -0.262.